The van der Waals surface area contributed by atoms with Gasteiger partial charge in [-0.2, -0.15) is 0 Å². The molecule has 0 spiro atoms. The van der Waals surface area contributed by atoms with Crippen molar-refractivity contribution in [1.29, 1.82) is 0 Å². The average Bonchev–Trinajstić information content (AvgIpc) is 3.47. The minimum absolute atomic E-state index is 0.0302. The minimum atomic E-state index is -4.47. The van der Waals surface area contributed by atoms with Gasteiger partial charge in [0.2, 0.25) is 5.91 Å². The lowest BCUT2D eigenvalue weighted by atomic mass is 10.0. The number of esters is 1. The summed E-state index contributed by atoms with van der Waals surface area (Å²) in [5.74, 6) is -0.563. The van der Waals surface area contributed by atoms with E-state index in [1.54, 1.807) is 0 Å². The van der Waals surface area contributed by atoms with E-state index in [2.05, 4.69) is 99.0 Å². The van der Waals surface area contributed by atoms with Crippen molar-refractivity contribution in [2.75, 3.05) is 40.9 Å². The van der Waals surface area contributed by atoms with Crippen molar-refractivity contribution in [3.63, 3.8) is 0 Å². The topological polar surface area (TPSA) is 111 Å². The molecule has 0 saturated heterocycles. The van der Waals surface area contributed by atoms with Crippen molar-refractivity contribution in [2.45, 2.75) is 328 Å². The van der Waals surface area contributed by atoms with Crippen LogP contribution in [0.1, 0.15) is 316 Å². The summed E-state index contributed by atoms with van der Waals surface area (Å²) in [5.41, 5.74) is 0. The van der Waals surface area contributed by atoms with Gasteiger partial charge in [0, 0.05) is 12.8 Å². The van der Waals surface area contributed by atoms with Crippen LogP contribution in [0.5, 0.6) is 0 Å². The summed E-state index contributed by atoms with van der Waals surface area (Å²) in [6.45, 7) is 6.95. The zero-order valence-corrected chi connectivity index (χ0v) is 56.1. The number of nitrogens with one attached hydrogen (secondary N) is 1. The molecule has 0 aliphatic carbocycles. The molecule has 83 heavy (non-hydrogen) atoms. The molecule has 0 aromatic heterocycles. The van der Waals surface area contributed by atoms with Crippen molar-refractivity contribution >= 4 is 19.7 Å². The quantitative estimate of drug-likeness (QED) is 0.0205. The van der Waals surface area contributed by atoms with Crippen LogP contribution >= 0.6 is 7.82 Å². The standard InChI is InChI=1S/C73H133N2O7P/c1-7-10-13-16-19-22-25-28-30-32-33-34-35-36-37-38-39-40-41-43-44-47-50-53-56-59-62-65-72(76)74-70(69-81-83(78,79)80-68-67-75(4,5)6)71(64-61-58-55-52-49-46-27-24-21-18-15-12-9-3)82-73(77)66-63-60-57-54-51-48-45-42-31-29-26-23-20-17-14-11-8-2/h19-20,22-23,28-31,45,48,54,57,61,64,70-71H,7-18,21,24-27,32-44,46-47,49-53,55-56,58-60,62-63,65-69H2,1-6H3,(H-,74,76,78,79)/p+1/b22-19-,23-20-,30-28-,31-29-,48-45-,57-54-,64-61-. The third-order valence-corrected chi connectivity index (χ3v) is 16.3. The maximum atomic E-state index is 13.6. The molecule has 0 heterocycles. The van der Waals surface area contributed by atoms with Crippen LogP contribution in [0, 0.1) is 0 Å². The number of phosphoric acid groups is 1. The van der Waals surface area contributed by atoms with Crippen LogP contribution < -0.4 is 5.32 Å². The number of amides is 1. The highest BCUT2D eigenvalue weighted by Gasteiger charge is 2.30. The number of rotatable bonds is 63. The van der Waals surface area contributed by atoms with Gasteiger partial charge in [0.25, 0.3) is 0 Å². The number of carbonyl (C=O) groups is 2. The predicted octanol–water partition coefficient (Wildman–Crippen LogP) is 22.1. The molecule has 0 saturated carbocycles. The van der Waals surface area contributed by atoms with Gasteiger partial charge < -0.3 is 19.4 Å². The van der Waals surface area contributed by atoms with Gasteiger partial charge in [0.1, 0.15) is 19.3 Å². The zero-order valence-electron chi connectivity index (χ0n) is 55.2. The predicted molar refractivity (Wildman–Crippen MR) is 360 cm³/mol. The van der Waals surface area contributed by atoms with Crippen LogP contribution in [0.15, 0.2) is 85.1 Å². The van der Waals surface area contributed by atoms with Gasteiger partial charge in [0.05, 0.1) is 33.8 Å². The molecule has 0 radical (unpaired) electrons. The Morgan fingerprint density at radius 1 is 0.422 bits per heavy atom. The maximum absolute atomic E-state index is 13.6. The summed E-state index contributed by atoms with van der Waals surface area (Å²) in [7, 11) is 1.47. The van der Waals surface area contributed by atoms with Crippen LogP contribution in [-0.4, -0.2) is 74.3 Å². The van der Waals surface area contributed by atoms with Crippen LogP contribution in [0.3, 0.4) is 0 Å². The summed E-state index contributed by atoms with van der Waals surface area (Å²) < 4.78 is 30.7. The first kappa shape index (κ1) is 80.2. The average molecular weight is 1180 g/mol. The molecule has 0 bridgehead atoms. The lowest BCUT2D eigenvalue weighted by Gasteiger charge is -2.27. The molecule has 3 atom stereocenters. The first-order chi connectivity index (χ1) is 40.4. The van der Waals surface area contributed by atoms with E-state index >= 15 is 0 Å². The molecule has 2 N–H and O–H groups in total. The van der Waals surface area contributed by atoms with Crippen molar-refractivity contribution in [3.8, 4) is 0 Å². The van der Waals surface area contributed by atoms with Crippen LogP contribution in [0.4, 0.5) is 0 Å². The Balaban J connectivity index is 5.11. The molecule has 10 heteroatoms. The molecule has 1 amide bonds. The largest absolute Gasteiger partial charge is 0.472 e. The Kier molecular flexibility index (Phi) is 60.1. The first-order valence-corrected chi connectivity index (χ1v) is 36.4. The fraction of sp³-hybridized carbons (Fsp3) is 0.781. The Bertz CT molecular complexity index is 1700. The summed E-state index contributed by atoms with van der Waals surface area (Å²) in [6.07, 6.45) is 83.2. The van der Waals surface area contributed by atoms with Crippen LogP contribution in [0.25, 0.3) is 0 Å². The second kappa shape index (κ2) is 62.2. The van der Waals surface area contributed by atoms with E-state index in [0.717, 1.165) is 70.6 Å². The van der Waals surface area contributed by atoms with E-state index in [-0.39, 0.29) is 31.5 Å². The summed E-state index contributed by atoms with van der Waals surface area (Å²) in [4.78, 5) is 37.8. The number of quaternary nitrogens is 1. The number of nitrogens with zero attached hydrogens (tertiary/aromatic N) is 1. The summed E-state index contributed by atoms with van der Waals surface area (Å²) >= 11 is 0. The van der Waals surface area contributed by atoms with Gasteiger partial charge in [-0.25, -0.2) is 4.57 Å². The molecule has 0 aromatic carbocycles. The van der Waals surface area contributed by atoms with Crippen molar-refractivity contribution in [3.05, 3.63) is 85.1 Å². The Morgan fingerprint density at radius 3 is 1.14 bits per heavy atom. The maximum Gasteiger partial charge on any atom is 0.472 e. The minimum Gasteiger partial charge on any atom is -0.456 e. The third kappa shape index (κ3) is 63.5. The molecule has 0 aromatic rings. The molecule has 9 nitrogen and oxygen atoms in total. The number of hydrogen-bond acceptors (Lipinski definition) is 6. The lowest BCUT2D eigenvalue weighted by molar-refractivity contribution is -0.870. The Morgan fingerprint density at radius 2 is 0.747 bits per heavy atom. The summed E-state index contributed by atoms with van der Waals surface area (Å²) in [6, 6.07) is -0.874. The number of ether oxygens (including phenoxy) is 1. The monoisotopic (exact) mass is 1180 g/mol. The number of likely N-dealkylation sites (N-methyl/N-ethyl adjacent to an activating group) is 1. The molecule has 3 unspecified atom stereocenters. The number of unbranched alkanes of at least 4 members (excludes halogenated alkanes) is 35. The van der Waals surface area contributed by atoms with E-state index in [9.17, 15) is 19.0 Å². The fourth-order valence-corrected chi connectivity index (χ4v) is 10.6. The molecular weight excluding hydrogens is 1050 g/mol. The van der Waals surface area contributed by atoms with E-state index in [1.807, 2.05) is 33.3 Å². The molecule has 0 aliphatic heterocycles. The molecule has 0 aliphatic rings. The van der Waals surface area contributed by atoms with Gasteiger partial charge in [-0.1, -0.05) is 286 Å². The van der Waals surface area contributed by atoms with E-state index in [0.29, 0.717) is 23.9 Å². The SMILES string of the molecule is CCCCC/C=C\C/C=C\C/C=C\C/C=C\CCCC(=O)OC(/C=C\CCCCCCCCCCCCC)C(COP(=O)(O)OCC[N+](C)(C)C)NC(=O)CCCCCCCCCCCCCCCCCCC/C=C\C/C=C\CCCCC. The number of phosphoric ester groups is 1. The van der Waals surface area contributed by atoms with Gasteiger partial charge in [0.15, 0.2) is 0 Å². The van der Waals surface area contributed by atoms with Crippen LogP contribution in [-0.2, 0) is 27.9 Å². The highest BCUT2D eigenvalue weighted by atomic mass is 31.2. The molecular formula is C73H134N2O7P+. The molecule has 482 valence electrons. The zero-order chi connectivity index (χ0) is 60.7. The number of allylic oxidation sites excluding steroid dienone is 13. The van der Waals surface area contributed by atoms with Gasteiger partial charge in [-0.3, -0.25) is 18.6 Å². The Hall–Kier alpha value is -2.81. The lowest BCUT2D eigenvalue weighted by Crippen LogP contribution is -2.47. The second-order valence-electron chi connectivity index (χ2n) is 24.7. The number of carbonyl (C=O) groups excluding carboxylic acids is 2. The van der Waals surface area contributed by atoms with E-state index < -0.39 is 20.0 Å². The van der Waals surface area contributed by atoms with E-state index in [1.165, 1.54) is 205 Å². The Labute approximate surface area is 514 Å². The van der Waals surface area contributed by atoms with E-state index in [4.69, 9.17) is 13.8 Å². The first-order valence-electron chi connectivity index (χ1n) is 34.9. The van der Waals surface area contributed by atoms with Crippen molar-refractivity contribution in [2.24, 2.45) is 0 Å². The van der Waals surface area contributed by atoms with Crippen molar-refractivity contribution in [1.82, 2.24) is 5.32 Å². The van der Waals surface area contributed by atoms with Gasteiger partial charge >= 0.3 is 13.8 Å². The van der Waals surface area contributed by atoms with Gasteiger partial charge in [-0.15, -0.1) is 0 Å². The second-order valence-corrected chi connectivity index (χ2v) is 26.1. The highest BCUT2D eigenvalue weighted by Crippen LogP contribution is 2.43. The molecule has 0 rings (SSSR count). The fourth-order valence-electron chi connectivity index (χ4n) is 9.91. The third-order valence-electron chi connectivity index (χ3n) is 15.3. The number of hydrogen-bond donors (Lipinski definition) is 2. The van der Waals surface area contributed by atoms with Gasteiger partial charge in [-0.05, 0) is 102 Å². The highest BCUT2D eigenvalue weighted by molar-refractivity contribution is 7.47. The smallest absolute Gasteiger partial charge is 0.456 e. The van der Waals surface area contributed by atoms with Crippen LogP contribution in [0.2, 0.25) is 0 Å². The normalized spacial score (nSPS) is 14.1. The molecule has 0 fully saturated rings. The summed E-state index contributed by atoms with van der Waals surface area (Å²) in [5, 5.41) is 3.06. The van der Waals surface area contributed by atoms with Crippen molar-refractivity contribution < 1.29 is 37.3 Å².